The van der Waals surface area contributed by atoms with E-state index in [0.717, 1.165) is 6.33 Å². The van der Waals surface area contributed by atoms with Crippen molar-refractivity contribution in [3.63, 3.8) is 0 Å². The Bertz CT molecular complexity index is 385. The second-order valence-electron chi connectivity index (χ2n) is 2.50. The molecule has 0 radical (unpaired) electrons. The van der Waals surface area contributed by atoms with E-state index in [1.807, 2.05) is 0 Å². The Labute approximate surface area is 89.0 Å². The summed E-state index contributed by atoms with van der Waals surface area (Å²) in [7, 11) is 0. The molecule has 1 rings (SSSR count). The topological polar surface area (TPSA) is 183 Å². The second kappa shape index (κ2) is 4.33. The molecule has 1 aromatic rings. The summed E-state index contributed by atoms with van der Waals surface area (Å²) in [5.41, 5.74) is 9.76. The smallest absolute Gasteiger partial charge is 0.336 e. The molecule has 0 saturated heterocycles. The van der Waals surface area contributed by atoms with E-state index in [1.165, 1.54) is 0 Å². The predicted molar refractivity (Wildman–Crippen MR) is 52.3 cm³/mol. The van der Waals surface area contributed by atoms with Crippen molar-refractivity contribution in [2.24, 2.45) is 23.2 Å². The van der Waals surface area contributed by atoms with Gasteiger partial charge in [0.15, 0.2) is 0 Å². The molecule has 0 saturated carbocycles. The zero-order valence-electron chi connectivity index (χ0n) is 7.94. The lowest BCUT2D eigenvalue weighted by molar-refractivity contribution is 0.253. The first-order valence-corrected chi connectivity index (χ1v) is 3.81. The van der Waals surface area contributed by atoms with E-state index in [-0.39, 0.29) is 11.9 Å². The molecule has 0 aliphatic carbocycles. The Morgan fingerprint density at radius 3 is 1.69 bits per heavy atom. The number of aromatic nitrogens is 3. The molecule has 11 heteroatoms. The molecule has 86 valence electrons. The third-order valence-electron chi connectivity index (χ3n) is 1.45. The van der Waals surface area contributed by atoms with Crippen LogP contribution in [0.1, 0.15) is 0 Å². The maximum Gasteiger partial charge on any atom is 0.336 e. The summed E-state index contributed by atoms with van der Waals surface area (Å²) < 4.78 is 0. The van der Waals surface area contributed by atoms with Gasteiger partial charge in [0.25, 0.3) is 11.9 Å². The van der Waals surface area contributed by atoms with Crippen molar-refractivity contribution in [3.05, 3.63) is 6.33 Å². The number of carbonyl (C=O) groups excluding carboxylic acids is 2. The van der Waals surface area contributed by atoms with Gasteiger partial charge in [-0.25, -0.2) is 21.3 Å². The van der Waals surface area contributed by atoms with Gasteiger partial charge in [-0.15, -0.1) is 0 Å². The van der Waals surface area contributed by atoms with E-state index >= 15 is 0 Å². The third kappa shape index (κ3) is 2.28. The highest BCUT2D eigenvalue weighted by molar-refractivity contribution is 5.89. The maximum atomic E-state index is 10.7. The molecule has 11 nitrogen and oxygen atoms in total. The Balaban J connectivity index is 3.04. The van der Waals surface area contributed by atoms with Crippen LogP contribution < -0.4 is 33.2 Å². The molecule has 8 N–H and O–H groups in total. The molecule has 0 aliphatic heterocycles. The first-order valence-electron chi connectivity index (χ1n) is 3.81. The fraction of sp³-hybridized carbons (Fsp3) is 0. The summed E-state index contributed by atoms with van der Waals surface area (Å²) >= 11 is 0. The molecule has 0 aromatic carbocycles. The van der Waals surface area contributed by atoms with Crippen LogP contribution in [0.2, 0.25) is 0 Å². The molecule has 1 aromatic heterocycles. The van der Waals surface area contributed by atoms with Crippen LogP contribution in [0.25, 0.3) is 0 Å². The van der Waals surface area contributed by atoms with Crippen LogP contribution >= 0.6 is 0 Å². The molecular formula is C5H9N9O2. The Hall–Kier alpha value is -2.53. The van der Waals surface area contributed by atoms with Crippen molar-refractivity contribution >= 4 is 24.0 Å². The minimum atomic E-state index is -0.986. The average Bonchev–Trinajstić information content (AvgIpc) is 2.26. The highest BCUT2D eigenvalue weighted by Crippen LogP contribution is 2.06. The fourth-order valence-electron chi connectivity index (χ4n) is 0.709. The van der Waals surface area contributed by atoms with Gasteiger partial charge in [-0.1, -0.05) is 0 Å². The highest BCUT2D eigenvalue weighted by atomic mass is 16.2. The summed E-state index contributed by atoms with van der Waals surface area (Å²) in [5, 5.41) is 0.917. The number of hydrogen-bond donors (Lipinski definition) is 4. The molecule has 1 heterocycles. The van der Waals surface area contributed by atoms with E-state index in [2.05, 4.69) is 15.0 Å². The highest BCUT2D eigenvalue weighted by Gasteiger charge is 2.15. The molecule has 0 bridgehead atoms. The standard InChI is InChI=1S/C5H9N9O2/c6-2(15)13(8)4-10-1-11-5(12-4)14(9)3(7)16/h1H,8-9H2,(H2,6,15)(H2,7,16). The predicted octanol–water partition coefficient (Wildman–Crippen LogP) is -2.61. The quantitative estimate of drug-likeness (QED) is 0.242. The number of primary amides is 2. The van der Waals surface area contributed by atoms with Gasteiger partial charge in [-0.05, 0) is 0 Å². The lowest BCUT2D eigenvalue weighted by Crippen LogP contribution is -2.45. The van der Waals surface area contributed by atoms with Crippen molar-refractivity contribution < 1.29 is 9.59 Å². The summed E-state index contributed by atoms with van der Waals surface area (Å²) in [6.07, 6.45) is 0.989. The lowest BCUT2D eigenvalue weighted by Gasteiger charge is -2.14. The van der Waals surface area contributed by atoms with Gasteiger partial charge in [0.1, 0.15) is 6.33 Å². The zero-order valence-corrected chi connectivity index (χ0v) is 7.94. The van der Waals surface area contributed by atoms with Crippen molar-refractivity contribution in [1.29, 1.82) is 0 Å². The Morgan fingerprint density at radius 1 is 1.00 bits per heavy atom. The molecule has 0 fully saturated rings. The second-order valence-corrected chi connectivity index (χ2v) is 2.50. The average molecular weight is 227 g/mol. The normalized spacial score (nSPS) is 9.62. The van der Waals surface area contributed by atoms with Crippen molar-refractivity contribution in [3.8, 4) is 0 Å². The van der Waals surface area contributed by atoms with Gasteiger partial charge in [-0.2, -0.15) is 25.0 Å². The first kappa shape index (κ1) is 11.5. The van der Waals surface area contributed by atoms with Crippen molar-refractivity contribution in [2.75, 3.05) is 10.0 Å². The Morgan fingerprint density at radius 2 is 1.38 bits per heavy atom. The van der Waals surface area contributed by atoms with Crippen LogP contribution in [0.15, 0.2) is 6.33 Å². The van der Waals surface area contributed by atoms with Gasteiger partial charge in [-0.3, -0.25) is 0 Å². The molecule has 0 aliphatic rings. The van der Waals surface area contributed by atoms with Crippen molar-refractivity contribution in [1.82, 2.24) is 15.0 Å². The summed E-state index contributed by atoms with van der Waals surface area (Å²) in [6, 6.07) is -1.97. The molecule has 0 atom stereocenters. The van der Waals surface area contributed by atoms with Crippen LogP contribution in [0.4, 0.5) is 21.5 Å². The van der Waals surface area contributed by atoms with Crippen molar-refractivity contribution in [2.45, 2.75) is 0 Å². The molecule has 0 spiro atoms. The van der Waals surface area contributed by atoms with Crippen LogP contribution in [-0.4, -0.2) is 27.0 Å². The maximum absolute atomic E-state index is 10.7. The van der Waals surface area contributed by atoms with Gasteiger partial charge < -0.3 is 11.5 Å². The number of rotatable bonds is 2. The van der Waals surface area contributed by atoms with Gasteiger partial charge in [0, 0.05) is 0 Å². The minimum Gasteiger partial charge on any atom is -0.350 e. The van der Waals surface area contributed by atoms with E-state index in [4.69, 9.17) is 23.2 Å². The number of nitrogens with zero attached hydrogens (tertiary/aromatic N) is 5. The zero-order chi connectivity index (χ0) is 12.3. The number of hydrogen-bond acceptors (Lipinski definition) is 7. The van der Waals surface area contributed by atoms with Crippen LogP contribution in [0.5, 0.6) is 0 Å². The SMILES string of the molecule is NC(=O)N(N)c1ncnc(N(N)C(N)=O)n1. The molecule has 4 amide bonds. The van der Waals surface area contributed by atoms with Gasteiger partial charge in [0.05, 0.1) is 0 Å². The number of amides is 4. The van der Waals surface area contributed by atoms with Crippen LogP contribution in [-0.2, 0) is 0 Å². The van der Waals surface area contributed by atoms with Crippen LogP contribution in [0.3, 0.4) is 0 Å². The fourth-order valence-corrected chi connectivity index (χ4v) is 0.709. The number of hydrazine groups is 2. The monoisotopic (exact) mass is 227 g/mol. The first-order chi connectivity index (χ1) is 7.43. The largest absolute Gasteiger partial charge is 0.350 e. The summed E-state index contributed by atoms with van der Waals surface area (Å²) in [4.78, 5) is 32.1. The summed E-state index contributed by atoms with van der Waals surface area (Å²) in [5.74, 6) is 9.89. The number of nitrogens with two attached hydrogens (primary N) is 4. The van der Waals surface area contributed by atoms with Gasteiger partial charge >= 0.3 is 12.1 Å². The van der Waals surface area contributed by atoms with Crippen LogP contribution in [0, 0.1) is 0 Å². The van der Waals surface area contributed by atoms with E-state index in [0.29, 0.717) is 10.0 Å². The minimum absolute atomic E-state index is 0.269. The molecule has 0 unspecified atom stereocenters. The Kier molecular flexibility index (Phi) is 3.12. The lowest BCUT2D eigenvalue weighted by atomic mass is 10.7. The van der Waals surface area contributed by atoms with E-state index in [9.17, 15) is 9.59 Å². The van der Waals surface area contributed by atoms with Gasteiger partial charge in [0.2, 0.25) is 0 Å². The molecular weight excluding hydrogens is 218 g/mol. The number of anilines is 2. The third-order valence-corrected chi connectivity index (χ3v) is 1.45. The van der Waals surface area contributed by atoms with E-state index < -0.39 is 12.1 Å². The molecule has 16 heavy (non-hydrogen) atoms. The number of urea groups is 2. The number of carbonyl (C=O) groups is 2. The van der Waals surface area contributed by atoms with E-state index in [1.54, 1.807) is 0 Å². The summed E-state index contributed by atoms with van der Waals surface area (Å²) in [6.45, 7) is 0.